The summed E-state index contributed by atoms with van der Waals surface area (Å²) in [6.45, 7) is 0.125. The maximum atomic E-state index is 14.0. The van der Waals surface area contributed by atoms with E-state index in [1.165, 1.54) is 33.8 Å². The fourth-order valence-electron chi connectivity index (χ4n) is 2.86. The van der Waals surface area contributed by atoms with Gasteiger partial charge in [0.25, 0.3) is 5.91 Å². The summed E-state index contributed by atoms with van der Waals surface area (Å²) in [6, 6.07) is 11.1. The van der Waals surface area contributed by atoms with Gasteiger partial charge in [0.15, 0.2) is 18.2 Å². The van der Waals surface area contributed by atoms with Crippen LogP contribution in [0.4, 0.5) is 10.2 Å². The van der Waals surface area contributed by atoms with Crippen molar-refractivity contribution in [1.29, 1.82) is 0 Å². The number of halogens is 5. The summed E-state index contributed by atoms with van der Waals surface area (Å²) in [5.41, 5.74) is 0.402. The number of hydrogen-bond donors (Lipinski definition) is 1. The number of nitrogens with zero attached hydrogens (tertiary/aromatic N) is 4. The third kappa shape index (κ3) is 5.67. The Balaban J connectivity index is 1.40. The molecule has 0 aliphatic heterocycles. The van der Waals surface area contributed by atoms with E-state index >= 15 is 0 Å². The van der Waals surface area contributed by atoms with Gasteiger partial charge in [0.1, 0.15) is 16.6 Å². The molecule has 33 heavy (non-hydrogen) atoms. The van der Waals surface area contributed by atoms with Crippen molar-refractivity contribution in [2.24, 2.45) is 0 Å². The van der Waals surface area contributed by atoms with Crippen molar-refractivity contribution in [3.8, 4) is 5.75 Å². The number of nitrogens with one attached hydrogen (secondary N) is 1. The SMILES string of the molecule is O=C(Nc1nn(Cc2c(F)cccc2Cl)cc1Cl)c1ccn(COc2ccc(Cl)cc2Br)n1. The minimum atomic E-state index is -0.516. The van der Waals surface area contributed by atoms with Gasteiger partial charge in [-0.3, -0.25) is 9.48 Å². The number of carbonyl (C=O) groups is 1. The zero-order valence-electron chi connectivity index (χ0n) is 16.6. The van der Waals surface area contributed by atoms with Crippen LogP contribution in [-0.4, -0.2) is 25.5 Å². The van der Waals surface area contributed by atoms with Crippen LogP contribution in [0.25, 0.3) is 0 Å². The Bertz CT molecular complexity index is 1310. The zero-order valence-corrected chi connectivity index (χ0v) is 20.5. The van der Waals surface area contributed by atoms with Crippen LogP contribution in [0.15, 0.2) is 59.3 Å². The van der Waals surface area contributed by atoms with Crippen molar-refractivity contribution in [2.45, 2.75) is 13.3 Å². The number of amides is 1. The number of ether oxygens (including phenoxy) is 1. The normalized spacial score (nSPS) is 10.9. The summed E-state index contributed by atoms with van der Waals surface area (Å²) in [7, 11) is 0. The summed E-state index contributed by atoms with van der Waals surface area (Å²) >= 11 is 21.5. The number of rotatable bonds is 7. The first-order valence-electron chi connectivity index (χ1n) is 9.38. The number of carbonyl (C=O) groups excluding carboxylic acids is 1. The van der Waals surface area contributed by atoms with E-state index < -0.39 is 11.7 Å². The Hall–Kier alpha value is -2.59. The van der Waals surface area contributed by atoms with E-state index in [0.29, 0.717) is 15.2 Å². The van der Waals surface area contributed by atoms with Gasteiger partial charge in [-0.05, 0) is 52.3 Å². The number of benzene rings is 2. The van der Waals surface area contributed by atoms with Crippen molar-refractivity contribution in [3.63, 3.8) is 0 Å². The minimum absolute atomic E-state index is 0.0489. The first-order valence-corrected chi connectivity index (χ1v) is 11.3. The lowest BCUT2D eigenvalue weighted by molar-refractivity contribution is 0.101. The molecule has 1 N–H and O–H groups in total. The predicted molar refractivity (Wildman–Crippen MR) is 128 cm³/mol. The van der Waals surface area contributed by atoms with Crippen LogP contribution < -0.4 is 10.1 Å². The number of aromatic nitrogens is 4. The minimum Gasteiger partial charge on any atom is -0.470 e. The highest BCUT2D eigenvalue weighted by molar-refractivity contribution is 9.10. The molecule has 2 heterocycles. The summed E-state index contributed by atoms with van der Waals surface area (Å²) in [6.07, 6.45) is 3.06. The summed E-state index contributed by atoms with van der Waals surface area (Å²) in [4.78, 5) is 12.6. The van der Waals surface area contributed by atoms with Crippen LogP contribution in [0, 0.1) is 5.82 Å². The monoisotopic (exact) mass is 571 g/mol. The van der Waals surface area contributed by atoms with Crippen LogP contribution in [-0.2, 0) is 13.3 Å². The van der Waals surface area contributed by atoms with E-state index in [1.54, 1.807) is 30.5 Å². The summed E-state index contributed by atoms with van der Waals surface area (Å²) in [5.74, 6) is -0.284. The van der Waals surface area contributed by atoms with E-state index in [1.807, 2.05) is 0 Å². The molecule has 1 amide bonds. The number of anilines is 1. The average Bonchev–Trinajstić information content (AvgIpc) is 3.37. The second-order valence-electron chi connectivity index (χ2n) is 6.77. The topological polar surface area (TPSA) is 74.0 Å². The molecule has 0 saturated heterocycles. The Morgan fingerprint density at radius 1 is 1.09 bits per heavy atom. The molecule has 0 unspecified atom stereocenters. The van der Waals surface area contributed by atoms with Gasteiger partial charge in [-0.1, -0.05) is 40.9 Å². The lowest BCUT2D eigenvalue weighted by Gasteiger charge is -2.08. The maximum absolute atomic E-state index is 14.0. The highest BCUT2D eigenvalue weighted by Crippen LogP contribution is 2.28. The molecule has 2 aromatic heterocycles. The molecule has 0 atom stereocenters. The van der Waals surface area contributed by atoms with Crippen LogP contribution in [0.2, 0.25) is 15.1 Å². The van der Waals surface area contributed by atoms with Crippen molar-refractivity contribution in [3.05, 3.63) is 91.5 Å². The molecule has 0 aliphatic carbocycles. The molecule has 7 nitrogen and oxygen atoms in total. The molecule has 0 aliphatic rings. The lowest BCUT2D eigenvalue weighted by Crippen LogP contribution is -2.15. The van der Waals surface area contributed by atoms with E-state index in [0.717, 1.165) is 0 Å². The third-order valence-corrected chi connectivity index (χ3v) is 5.94. The van der Waals surface area contributed by atoms with Crippen molar-refractivity contribution in [2.75, 3.05) is 5.32 Å². The van der Waals surface area contributed by atoms with Crippen LogP contribution in [0.1, 0.15) is 16.1 Å². The van der Waals surface area contributed by atoms with Gasteiger partial charge in [0, 0.05) is 28.0 Å². The molecule has 0 bridgehead atoms. The Morgan fingerprint density at radius 2 is 1.91 bits per heavy atom. The Kier molecular flexibility index (Phi) is 7.23. The first kappa shape index (κ1) is 23.6. The Labute approximate surface area is 211 Å². The van der Waals surface area contributed by atoms with Gasteiger partial charge in [0.2, 0.25) is 0 Å². The van der Waals surface area contributed by atoms with Crippen molar-refractivity contribution < 1.29 is 13.9 Å². The predicted octanol–water partition coefficient (Wildman–Crippen LogP) is 6.28. The smallest absolute Gasteiger partial charge is 0.277 e. The molecule has 12 heteroatoms. The van der Waals surface area contributed by atoms with E-state index in [2.05, 4.69) is 31.4 Å². The van der Waals surface area contributed by atoms with E-state index in [-0.39, 0.29) is 40.4 Å². The molecular formula is C21H14BrCl3FN5O2. The van der Waals surface area contributed by atoms with Gasteiger partial charge in [-0.2, -0.15) is 10.2 Å². The molecule has 4 aromatic rings. The van der Waals surface area contributed by atoms with Gasteiger partial charge < -0.3 is 10.1 Å². The standard InChI is InChI=1S/C21H14BrCl3FN5O2/c22-14-8-12(23)4-5-19(14)33-11-30-7-6-18(28-30)21(32)27-20-16(25)10-31(29-20)9-13-15(24)2-1-3-17(13)26/h1-8,10H,9,11H2,(H,27,29,32). The second kappa shape index (κ2) is 10.1. The highest BCUT2D eigenvalue weighted by Gasteiger charge is 2.16. The summed E-state index contributed by atoms with van der Waals surface area (Å²) < 4.78 is 23.2. The fraction of sp³-hybridized carbons (Fsp3) is 0.0952. The molecule has 0 saturated carbocycles. The van der Waals surface area contributed by atoms with Gasteiger partial charge in [-0.25, -0.2) is 9.07 Å². The van der Waals surface area contributed by atoms with Gasteiger partial charge in [-0.15, -0.1) is 0 Å². The van der Waals surface area contributed by atoms with Gasteiger partial charge >= 0.3 is 0 Å². The molecule has 2 aromatic carbocycles. The first-order chi connectivity index (χ1) is 15.8. The highest BCUT2D eigenvalue weighted by atomic mass is 79.9. The van der Waals surface area contributed by atoms with Crippen molar-refractivity contribution >= 4 is 62.5 Å². The maximum Gasteiger partial charge on any atom is 0.277 e. The molecule has 0 fully saturated rings. The molecule has 4 rings (SSSR count). The second-order valence-corrected chi connectivity index (χ2v) is 8.87. The molecule has 170 valence electrons. The molecule has 0 radical (unpaired) electrons. The van der Waals surface area contributed by atoms with Crippen LogP contribution in [0.5, 0.6) is 5.75 Å². The number of hydrogen-bond acceptors (Lipinski definition) is 4. The van der Waals surface area contributed by atoms with Crippen molar-refractivity contribution in [1.82, 2.24) is 19.6 Å². The molecule has 0 spiro atoms. The van der Waals surface area contributed by atoms with Crippen LogP contribution in [0.3, 0.4) is 0 Å². The Morgan fingerprint density at radius 3 is 2.67 bits per heavy atom. The van der Waals surface area contributed by atoms with E-state index in [9.17, 15) is 9.18 Å². The average molecular weight is 574 g/mol. The molecular weight excluding hydrogens is 560 g/mol. The van der Waals surface area contributed by atoms with E-state index in [4.69, 9.17) is 39.5 Å². The largest absolute Gasteiger partial charge is 0.470 e. The quantitative estimate of drug-likeness (QED) is 0.283. The van der Waals surface area contributed by atoms with Gasteiger partial charge in [0.05, 0.1) is 11.0 Å². The third-order valence-electron chi connectivity index (χ3n) is 4.45. The zero-order chi connectivity index (χ0) is 23.5. The lowest BCUT2D eigenvalue weighted by atomic mass is 10.2. The summed E-state index contributed by atoms with van der Waals surface area (Å²) in [5, 5.41) is 12.0. The fourth-order valence-corrected chi connectivity index (χ4v) is 4.08. The van der Waals surface area contributed by atoms with Crippen LogP contribution >= 0.6 is 50.7 Å².